The molecule has 1 aliphatic rings. The van der Waals surface area contributed by atoms with Gasteiger partial charge >= 0.3 is 6.18 Å². The molecule has 6 heteroatoms. The standard InChI is InChI=1S/C11H10Br2F3N/c12-8-3-7(4-9(13)5-8)10(11(14,15)16)1-2-17-6-10/h3-5,17H,1-2,6H2/t10-/m1/s1. The molecule has 0 unspecified atom stereocenters. The second-order valence-electron chi connectivity index (χ2n) is 4.16. The normalized spacial score (nSPS) is 25.2. The van der Waals surface area contributed by atoms with E-state index < -0.39 is 11.6 Å². The second kappa shape index (κ2) is 4.55. The maximum absolute atomic E-state index is 13.3. The van der Waals surface area contributed by atoms with E-state index in [1.165, 1.54) is 0 Å². The van der Waals surface area contributed by atoms with Crippen LogP contribution in [0, 0.1) is 0 Å². The highest BCUT2D eigenvalue weighted by Gasteiger charge is 2.57. The Hall–Kier alpha value is -0.0700. The molecule has 17 heavy (non-hydrogen) atoms. The van der Waals surface area contributed by atoms with Crippen LogP contribution in [0.25, 0.3) is 0 Å². The van der Waals surface area contributed by atoms with Gasteiger partial charge in [-0.1, -0.05) is 31.9 Å². The smallest absolute Gasteiger partial charge is 0.315 e. The number of alkyl halides is 3. The van der Waals surface area contributed by atoms with Crippen molar-refractivity contribution in [2.24, 2.45) is 0 Å². The Labute approximate surface area is 114 Å². The van der Waals surface area contributed by atoms with Crippen LogP contribution in [0.2, 0.25) is 0 Å². The minimum absolute atomic E-state index is 0.0562. The van der Waals surface area contributed by atoms with Gasteiger partial charge in [0.2, 0.25) is 0 Å². The largest absolute Gasteiger partial charge is 0.399 e. The van der Waals surface area contributed by atoms with Gasteiger partial charge in [-0.2, -0.15) is 13.2 Å². The summed E-state index contributed by atoms with van der Waals surface area (Å²) < 4.78 is 41.2. The quantitative estimate of drug-likeness (QED) is 0.785. The van der Waals surface area contributed by atoms with Gasteiger partial charge in [0, 0.05) is 15.5 Å². The summed E-state index contributed by atoms with van der Waals surface area (Å²) in [5, 5.41) is 2.81. The lowest BCUT2D eigenvalue weighted by molar-refractivity contribution is -0.185. The molecule has 0 amide bonds. The molecule has 0 saturated carbocycles. The fourth-order valence-electron chi connectivity index (χ4n) is 2.17. The zero-order valence-electron chi connectivity index (χ0n) is 8.74. The molecule has 0 spiro atoms. The topological polar surface area (TPSA) is 12.0 Å². The summed E-state index contributed by atoms with van der Waals surface area (Å²) in [5.41, 5.74) is -1.46. The van der Waals surface area contributed by atoms with Gasteiger partial charge in [-0.05, 0) is 36.7 Å². The lowest BCUT2D eigenvalue weighted by atomic mass is 9.79. The fourth-order valence-corrected chi connectivity index (χ4v) is 3.47. The molecule has 94 valence electrons. The third-order valence-corrected chi connectivity index (χ3v) is 4.03. The van der Waals surface area contributed by atoms with Crippen molar-refractivity contribution >= 4 is 31.9 Å². The summed E-state index contributed by atoms with van der Waals surface area (Å²) in [5.74, 6) is 0. The van der Waals surface area contributed by atoms with Crippen molar-refractivity contribution in [1.29, 1.82) is 0 Å². The molecule has 1 aliphatic heterocycles. The summed E-state index contributed by atoms with van der Waals surface area (Å²) in [6.07, 6.45) is -4.16. The van der Waals surface area contributed by atoms with Crippen LogP contribution in [0.4, 0.5) is 13.2 Å². The van der Waals surface area contributed by atoms with Gasteiger partial charge in [0.15, 0.2) is 0 Å². The zero-order valence-corrected chi connectivity index (χ0v) is 11.9. The Morgan fingerprint density at radius 1 is 1.12 bits per heavy atom. The van der Waals surface area contributed by atoms with Crippen molar-refractivity contribution < 1.29 is 13.2 Å². The fraction of sp³-hybridized carbons (Fsp3) is 0.455. The minimum Gasteiger partial charge on any atom is -0.315 e. The lowest BCUT2D eigenvalue weighted by Gasteiger charge is -2.31. The molecule has 1 fully saturated rings. The maximum Gasteiger partial charge on any atom is 0.399 e. The van der Waals surface area contributed by atoms with Crippen LogP contribution < -0.4 is 5.32 Å². The zero-order chi connectivity index (χ0) is 12.7. The molecule has 1 saturated heterocycles. The van der Waals surface area contributed by atoms with Crippen molar-refractivity contribution in [2.75, 3.05) is 13.1 Å². The van der Waals surface area contributed by atoms with Gasteiger partial charge in [-0.15, -0.1) is 0 Å². The number of rotatable bonds is 1. The van der Waals surface area contributed by atoms with E-state index in [9.17, 15) is 13.2 Å². The van der Waals surface area contributed by atoms with Crippen LogP contribution in [0.3, 0.4) is 0 Å². The Morgan fingerprint density at radius 2 is 1.71 bits per heavy atom. The first-order valence-corrected chi connectivity index (χ1v) is 6.68. The minimum atomic E-state index is -4.24. The van der Waals surface area contributed by atoms with E-state index in [1.807, 2.05) is 0 Å². The first-order chi connectivity index (χ1) is 7.85. The van der Waals surface area contributed by atoms with Gasteiger partial charge in [0.1, 0.15) is 5.41 Å². The Morgan fingerprint density at radius 3 is 2.12 bits per heavy atom. The molecule has 1 aromatic rings. The average Bonchev–Trinajstić information content (AvgIpc) is 2.64. The number of benzene rings is 1. The van der Waals surface area contributed by atoms with E-state index >= 15 is 0 Å². The predicted molar refractivity (Wildman–Crippen MR) is 67.1 cm³/mol. The highest BCUT2D eigenvalue weighted by molar-refractivity contribution is 9.11. The van der Waals surface area contributed by atoms with Gasteiger partial charge in [0.05, 0.1) is 0 Å². The Kier molecular flexibility index (Phi) is 3.58. The Bertz CT molecular complexity index is 405. The van der Waals surface area contributed by atoms with E-state index in [0.29, 0.717) is 21.1 Å². The average molecular weight is 373 g/mol. The summed E-state index contributed by atoms with van der Waals surface area (Å²) in [6, 6.07) is 4.83. The molecular formula is C11H10Br2F3N. The van der Waals surface area contributed by atoms with E-state index in [2.05, 4.69) is 37.2 Å². The molecule has 1 heterocycles. The summed E-state index contributed by atoms with van der Waals surface area (Å²) in [7, 11) is 0. The Balaban J connectivity index is 2.53. The molecule has 1 nitrogen and oxygen atoms in total. The predicted octanol–water partition coefficient (Wildman–Crippen LogP) is 4.01. The van der Waals surface area contributed by atoms with Crippen molar-refractivity contribution in [3.8, 4) is 0 Å². The third kappa shape index (κ3) is 2.39. The molecule has 0 radical (unpaired) electrons. The van der Waals surface area contributed by atoms with Crippen molar-refractivity contribution in [3.63, 3.8) is 0 Å². The third-order valence-electron chi connectivity index (χ3n) is 3.11. The number of hydrogen-bond donors (Lipinski definition) is 1. The van der Waals surface area contributed by atoms with Crippen LogP contribution in [0.5, 0.6) is 0 Å². The van der Waals surface area contributed by atoms with Gasteiger partial charge in [-0.25, -0.2) is 0 Å². The SMILES string of the molecule is FC(F)(F)[C@]1(c2cc(Br)cc(Br)c2)CCNC1. The van der Waals surface area contributed by atoms with Gasteiger partial charge in [0.25, 0.3) is 0 Å². The van der Waals surface area contributed by atoms with Gasteiger partial charge < -0.3 is 5.32 Å². The van der Waals surface area contributed by atoms with Crippen LogP contribution in [-0.4, -0.2) is 19.3 Å². The maximum atomic E-state index is 13.3. The van der Waals surface area contributed by atoms with E-state index in [1.54, 1.807) is 18.2 Å². The molecule has 1 atom stereocenters. The van der Waals surface area contributed by atoms with Crippen molar-refractivity contribution in [1.82, 2.24) is 5.32 Å². The molecule has 1 aromatic carbocycles. The monoisotopic (exact) mass is 371 g/mol. The molecule has 0 bridgehead atoms. The molecular weight excluding hydrogens is 363 g/mol. The van der Waals surface area contributed by atoms with Crippen molar-refractivity contribution in [2.45, 2.75) is 18.0 Å². The number of halogens is 5. The van der Waals surface area contributed by atoms with Crippen LogP contribution in [-0.2, 0) is 5.41 Å². The van der Waals surface area contributed by atoms with Gasteiger partial charge in [-0.3, -0.25) is 0 Å². The van der Waals surface area contributed by atoms with Crippen LogP contribution >= 0.6 is 31.9 Å². The first-order valence-electron chi connectivity index (χ1n) is 5.09. The highest BCUT2D eigenvalue weighted by Crippen LogP contribution is 2.46. The number of hydrogen-bond acceptors (Lipinski definition) is 1. The summed E-state index contributed by atoms with van der Waals surface area (Å²) in [4.78, 5) is 0. The van der Waals surface area contributed by atoms with E-state index in [4.69, 9.17) is 0 Å². The molecule has 1 N–H and O–H groups in total. The molecule has 0 aliphatic carbocycles. The highest BCUT2D eigenvalue weighted by atomic mass is 79.9. The summed E-state index contributed by atoms with van der Waals surface area (Å²) in [6.45, 7) is 0.336. The van der Waals surface area contributed by atoms with Crippen molar-refractivity contribution in [3.05, 3.63) is 32.7 Å². The van der Waals surface area contributed by atoms with E-state index in [0.717, 1.165) is 0 Å². The van der Waals surface area contributed by atoms with E-state index in [-0.39, 0.29) is 13.0 Å². The first kappa shape index (κ1) is 13.4. The van der Waals surface area contributed by atoms with Crippen LogP contribution in [0.1, 0.15) is 12.0 Å². The van der Waals surface area contributed by atoms with Crippen LogP contribution in [0.15, 0.2) is 27.1 Å². The molecule has 0 aromatic heterocycles. The molecule has 2 rings (SSSR count). The lowest BCUT2D eigenvalue weighted by Crippen LogP contribution is -2.44. The number of nitrogens with one attached hydrogen (secondary N) is 1. The summed E-state index contributed by atoms with van der Waals surface area (Å²) >= 11 is 6.47. The second-order valence-corrected chi connectivity index (χ2v) is 6.00.